The molecule has 232 valence electrons. The van der Waals surface area contributed by atoms with Gasteiger partial charge in [0, 0.05) is 0 Å². The van der Waals surface area contributed by atoms with Crippen LogP contribution in [0.25, 0.3) is 0 Å². The Balaban J connectivity index is 0.0000160. The summed E-state index contributed by atoms with van der Waals surface area (Å²) >= 11 is 0. The Kier molecular flexibility index (Phi) is 10.7. The van der Waals surface area contributed by atoms with Gasteiger partial charge in [-0.05, 0) is 24.3 Å². The van der Waals surface area contributed by atoms with Crippen LogP contribution in [0, 0.1) is 0 Å². The van der Waals surface area contributed by atoms with Gasteiger partial charge in [0.1, 0.15) is 15.9 Å². The summed E-state index contributed by atoms with van der Waals surface area (Å²) in [7, 11) is -5.26. The zero-order chi connectivity index (χ0) is 32.3. The molecule has 1 rings (SSSR count). The Morgan fingerprint density at radius 1 is 0.585 bits per heavy atom. The molecule has 0 bridgehead atoms. The molecule has 0 aliphatic carbocycles. The number of rotatable bonds is 10. The SMILES string of the molecule is O=S(=O)([O-])c1ccc(OC(F)=C(F)C(F)(F)C(F)(F)C(F)(F)C(F)(F)C(F)(F)C(F)(F)C(F)(F)C(F)(F)F)cc1.[Na+]. The zero-order valence-corrected chi connectivity index (χ0v) is 21.3. The second kappa shape index (κ2) is 11.1. The van der Waals surface area contributed by atoms with Crippen LogP contribution in [-0.4, -0.2) is 60.6 Å². The van der Waals surface area contributed by atoms with Crippen molar-refractivity contribution in [2.75, 3.05) is 0 Å². The molecule has 1 aromatic carbocycles. The van der Waals surface area contributed by atoms with Crippen molar-refractivity contribution in [3.05, 3.63) is 36.1 Å². The first-order chi connectivity index (χ1) is 17.3. The maximum atomic E-state index is 13.7. The molecule has 0 aliphatic heterocycles. The number of hydrogen-bond donors (Lipinski definition) is 0. The minimum atomic E-state index is -9.00. The number of halogens is 19. The van der Waals surface area contributed by atoms with Crippen molar-refractivity contribution in [3.63, 3.8) is 0 Å². The molecule has 0 aromatic heterocycles. The molecule has 0 atom stereocenters. The normalized spacial score (nSPS) is 15.7. The molecule has 4 nitrogen and oxygen atoms in total. The van der Waals surface area contributed by atoms with Gasteiger partial charge in [0.15, 0.2) is 0 Å². The van der Waals surface area contributed by atoms with Crippen LogP contribution in [0.1, 0.15) is 0 Å². The fourth-order valence-corrected chi connectivity index (χ4v) is 2.72. The van der Waals surface area contributed by atoms with E-state index in [1.165, 1.54) is 0 Å². The van der Waals surface area contributed by atoms with Gasteiger partial charge in [-0.1, -0.05) is 0 Å². The van der Waals surface area contributed by atoms with E-state index < -0.39 is 80.2 Å². The molecular formula is C16H4F19NaO4S. The van der Waals surface area contributed by atoms with Crippen LogP contribution in [-0.2, 0) is 10.1 Å². The predicted molar refractivity (Wildman–Crippen MR) is 85.0 cm³/mol. The maximum absolute atomic E-state index is 13.7. The van der Waals surface area contributed by atoms with E-state index >= 15 is 0 Å². The zero-order valence-electron chi connectivity index (χ0n) is 18.5. The first-order valence-electron chi connectivity index (χ1n) is 8.77. The van der Waals surface area contributed by atoms with Gasteiger partial charge in [-0.3, -0.25) is 0 Å². The average Bonchev–Trinajstić information content (AvgIpc) is 2.76. The quantitative estimate of drug-likeness (QED) is 0.162. The van der Waals surface area contributed by atoms with Crippen molar-refractivity contribution >= 4 is 10.1 Å². The standard InChI is InChI=1S/C16H5F19O4S.Na/c17-7(8(18)39-5-1-3-6(4-2-5)40(36,37)38)9(19,20)10(21,22)11(23,24)12(25,26)13(27,28)14(29,30)15(31,32)16(33,34)35;/h1-4H,(H,36,37,38);/q;+1/p-1. The van der Waals surface area contributed by atoms with Gasteiger partial charge in [0.25, 0.3) is 0 Å². The summed E-state index contributed by atoms with van der Waals surface area (Å²) in [6.07, 6.45) is -7.96. The predicted octanol–water partition coefficient (Wildman–Crippen LogP) is 4.09. The first kappa shape index (κ1) is 39.3. The molecule has 25 heteroatoms. The fraction of sp³-hybridized carbons (Fsp3) is 0.500. The van der Waals surface area contributed by atoms with E-state index in [1.54, 1.807) is 0 Å². The van der Waals surface area contributed by atoms with Crippen molar-refractivity contribution in [1.82, 2.24) is 0 Å². The van der Waals surface area contributed by atoms with E-state index in [-0.39, 0.29) is 53.8 Å². The number of alkyl halides is 17. The van der Waals surface area contributed by atoms with Crippen molar-refractivity contribution in [3.8, 4) is 5.75 Å². The van der Waals surface area contributed by atoms with Crippen LogP contribution in [0.5, 0.6) is 5.75 Å². The molecule has 0 amide bonds. The van der Waals surface area contributed by atoms with Gasteiger partial charge in [0.2, 0.25) is 5.83 Å². The second-order valence-electron chi connectivity index (χ2n) is 7.13. The smallest absolute Gasteiger partial charge is 0.744 e. The second-order valence-corrected chi connectivity index (χ2v) is 8.51. The number of ether oxygens (including phenoxy) is 1. The van der Waals surface area contributed by atoms with Gasteiger partial charge in [-0.15, -0.1) is 0 Å². The van der Waals surface area contributed by atoms with Gasteiger partial charge in [-0.2, -0.15) is 83.4 Å². The van der Waals surface area contributed by atoms with Gasteiger partial charge in [0.05, 0.1) is 4.90 Å². The minimum absolute atomic E-state index is 0. The first-order valence-corrected chi connectivity index (χ1v) is 10.2. The summed E-state index contributed by atoms with van der Waals surface area (Å²) in [6, 6.07) is -3.32. The summed E-state index contributed by atoms with van der Waals surface area (Å²) in [5, 5.41) is 0. The molecule has 0 unspecified atom stereocenters. The molecule has 0 aliphatic rings. The van der Waals surface area contributed by atoms with Crippen LogP contribution in [0.2, 0.25) is 0 Å². The van der Waals surface area contributed by atoms with E-state index in [0.29, 0.717) is 0 Å². The molecule has 41 heavy (non-hydrogen) atoms. The van der Waals surface area contributed by atoms with Crippen LogP contribution in [0.15, 0.2) is 41.0 Å². The molecule has 0 N–H and O–H groups in total. The Bertz CT molecular complexity index is 1240. The van der Waals surface area contributed by atoms with Gasteiger partial charge >= 0.3 is 83.2 Å². The van der Waals surface area contributed by atoms with Crippen molar-refractivity contribution < 1.29 is 131 Å². The summed E-state index contributed by atoms with van der Waals surface area (Å²) in [5.41, 5.74) is 0. The summed E-state index contributed by atoms with van der Waals surface area (Å²) in [4.78, 5) is -1.18. The molecule has 0 spiro atoms. The van der Waals surface area contributed by atoms with Crippen LogP contribution in [0.4, 0.5) is 83.4 Å². The van der Waals surface area contributed by atoms with E-state index in [2.05, 4.69) is 4.74 Å². The third kappa shape index (κ3) is 6.07. The van der Waals surface area contributed by atoms with E-state index in [1.807, 2.05) is 0 Å². The number of hydrogen-bond acceptors (Lipinski definition) is 4. The van der Waals surface area contributed by atoms with E-state index in [9.17, 15) is 96.4 Å². The van der Waals surface area contributed by atoms with Crippen molar-refractivity contribution in [1.29, 1.82) is 0 Å². The van der Waals surface area contributed by atoms with Crippen molar-refractivity contribution in [2.45, 2.75) is 52.5 Å². The maximum Gasteiger partial charge on any atom is 1.00 e. The topological polar surface area (TPSA) is 66.4 Å². The summed E-state index contributed by atoms with van der Waals surface area (Å²) in [5.74, 6) is -66.5. The Hall–Kier alpha value is -1.66. The van der Waals surface area contributed by atoms with E-state index in [0.717, 1.165) is 0 Å². The third-order valence-electron chi connectivity index (χ3n) is 4.49. The molecule has 0 saturated heterocycles. The van der Waals surface area contributed by atoms with Gasteiger partial charge < -0.3 is 9.29 Å². The number of allylic oxidation sites excluding steroid dienone is 1. The van der Waals surface area contributed by atoms with Crippen LogP contribution >= 0.6 is 0 Å². The monoisotopic (exact) mass is 676 g/mol. The largest absolute Gasteiger partial charge is 1.00 e. The molecular weight excluding hydrogens is 672 g/mol. The average molecular weight is 676 g/mol. The van der Waals surface area contributed by atoms with E-state index in [4.69, 9.17) is 0 Å². The molecule has 0 heterocycles. The Morgan fingerprint density at radius 3 is 1.22 bits per heavy atom. The minimum Gasteiger partial charge on any atom is -0.744 e. The Morgan fingerprint density at radius 2 is 0.902 bits per heavy atom. The Labute approximate surface area is 235 Å². The van der Waals surface area contributed by atoms with Crippen LogP contribution < -0.4 is 34.3 Å². The van der Waals surface area contributed by atoms with Crippen molar-refractivity contribution in [2.24, 2.45) is 0 Å². The van der Waals surface area contributed by atoms with Gasteiger partial charge in [-0.25, -0.2) is 8.42 Å². The fourth-order valence-electron chi connectivity index (χ4n) is 2.25. The van der Waals surface area contributed by atoms with Crippen LogP contribution in [0.3, 0.4) is 0 Å². The number of benzene rings is 1. The summed E-state index contributed by atoms with van der Waals surface area (Å²) < 4.78 is 286. The molecule has 0 fully saturated rings. The molecule has 0 radical (unpaired) electrons. The molecule has 1 aromatic rings. The molecule has 0 saturated carbocycles. The summed E-state index contributed by atoms with van der Waals surface area (Å²) in [6.45, 7) is 0. The third-order valence-corrected chi connectivity index (χ3v) is 5.34.